The van der Waals surface area contributed by atoms with Crippen molar-refractivity contribution >= 4 is 57.3 Å². The van der Waals surface area contributed by atoms with Gasteiger partial charge < -0.3 is 10.6 Å². The van der Waals surface area contributed by atoms with E-state index in [2.05, 4.69) is 30.4 Å². The molecule has 38 heavy (non-hydrogen) atoms. The van der Waals surface area contributed by atoms with Gasteiger partial charge in [0.1, 0.15) is 0 Å². The molecule has 0 spiro atoms. The van der Waals surface area contributed by atoms with Gasteiger partial charge in [0.15, 0.2) is 5.17 Å². The van der Waals surface area contributed by atoms with Gasteiger partial charge in [0.2, 0.25) is 11.8 Å². The standard InChI is InChI=1S/C29H44N4O2S3/c1-11-19(6)25(13-3)22(9)28(35)33-29(31)38-26(30)15-17-36-16-14-20(7)37-23(10)32-27(34)21(8)24(12-2)18(4)5/h11-13,21-22,30H,2,7,10,14-17H2,1,3-6,8-9H3,(H,32,34)(H2,31,33,35)/b19-11-,25-13+,30-26?. The third-order valence-corrected chi connectivity index (χ3v) is 8.29. The molecule has 0 heterocycles. The summed E-state index contributed by atoms with van der Waals surface area (Å²) in [5.74, 6) is 0.499. The minimum absolute atomic E-state index is 0.0325. The number of amidine groups is 1. The van der Waals surface area contributed by atoms with Crippen LogP contribution in [0, 0.1) is 22.7 Å². The molecular formula is C29H44N4O2S3. The SMILES string of the molecule is C=CC(=C(C)C)C(C)C(=O)NC(=C)SC(=C)CCSCCC(=N)SC(=N)NC(=O)C(C)C(=C/C)/C(C)=C\C. The minimum Gasteiger partial charge on any atom is -0.320 e. The molecule has 0 aromatic rings. The molecule has 0 aliphatic rings. The molecule has 0 aromatic heterocycles. The van der Waals surface area contributed by atoms with Crippen molar-refractivity contribution in [2.45, 2.75) is 61.3 Å². The first-order valence-corrected chi connectivity index (χ1v) is 15.2. The molecular weight excluding hydrogens is 533 g/mol. The summed E-state index contributed by atoms with van der Waals surface area (Å²) in [7, 11) is 0. The van der Waals surface area contributed by atoms with Gasteiger partial charge in [-0.1, -0.05) is 60.9 Å². The summed E-state index contributed by atoms with van der Waals surface area (Å²) in [6.45, 7) is 25.2. The lowest BCUT2D eigenvalue weighted by Crippen LogP contribution is -2.34. The first-order chi connectivity index (χ1) is 17.8. The highest BCUT2D eigenvalue weighted by molar-refractivity contribution is 8.26. The Morgan fingerprint density at radius 3 is 2.00 bits per heavy atom. The molecule has 0 rings (SSSR count). The Bertz CT molecular complexity index is 1020. The predicted molar refractivity (Wildman–Crippen MR) is 172 cm³/mol. The van der Waals surface area contributed by atoms with E-state index >= 15 is 0 Å². The number of carbonyl (C=O) groups excluding carboxylic acids is 2. The van der Waals surface area contributed by atoms with Crippen molar-refractivity contribution < 1.29 is 9.59 Å². The van der Waals surface area contributed by atoms with E-state index in [1.807, 2.05) is 60.6 Å². The summed E-state index contributed by atoms with van der Waals surface area (Å²) in [4.78, 5) is 25.9. The number of carbonyl (C=O) groups is 2. The molecule has 0 saturated carbocycles. The minimum atomic E-state index is -0.373. The van der Waals surface area contributed by atoms with E-state index in [0.717, 1.165) is 56.9 Å². The van der Waals surface area contributed by atoms with Crippen LogP contribution in [-0.2, 0) is 9.59 Å². The molecule has 2 unspecified atom stereocenters. The molecule has 0 aromatic carbocycles. The molecule has 4 N–H and O–H groups in total. The first kappa shape index (κ1) is 35.8. The van der Waals surface area contributed by atoms with Gasteiger partial charge in [-0.25, -0.2) is 0 Å². The predicted octanol–water partition coefficient (Wildman–Crippen LogP) is 7.80. The maximum atomic E-state index is 12.5. The van der Waals surface area contributed by atoms with E-state index in [1.54, 1.807) is 17.8 Å². The zero-order valence-corrected chi connectivity index (χ0v) is 26.3. The smallest absolute Gasteiger partial charge is 0.233 e. The number of rotatable bonds is 15. The highest BCUT2D eigenvalue weighted by Gasteiger charge is 2.20. The molecule has 6 nitrogen and oxygen atoms in total. The Labute approximate surface area is 242 Å². The summed E-state index contributed by atoms with van der Waals surface area (Å²) in [6.07, 6.45) is 6.85. The number of hydrogen-bond acceptors (Lipinski definition) is 7. The van der Waals surface area contributed by atoms with Gasteiger partial charge >= 0.3 is 0 Å². The average molecular weight is 577 g/mol. The zero-order chi connectivity index (χ0) is 29.4. The molecule has 0 bridgehead atoms. The lowest BCUT2D eigenvalue weighted by atomic mass is 9.93. The maximum absolute atomic E-state index is 12.5. The monoisotopic (exact) mass is 576 g/mol. The lowest BCUT2D eigenvalue weighted by Gasteiger charge is -2.17. The van der Waals surface area contributed by atoms with Gasteiger partial charge in [-0.05, 0) is 94.2 Å². The van der Waals surface area contributed by atoms with Gasteiger partial charge in [-0.2, -0.15) is 11.8 Å². The fraction of sp³-hybridized carbons (Fsp3) is 0.448. The van der Waals surface area contributed by atoms with Crippen molar-refractivity contribution in [2.75, 3.05) is 11.5 Å². The normalized spacial score (nSPS) is 13.1. The van der Waals surface area contributed by atoms with Crippen molar-refractivity contribution in [3.05, 3.63) is 70.2 Å². The Morgan fingerprint density at radius 1 is 0.895 bits per heavy atom. The van der Waals surface area contributed by atoms with Crippen LogP contribution < -0.4 is 10.6 Å². The number of amides is 2. The summed E-state index contributed by atoms with van der Waals surface area (Å²) < 4.78 is 0. The van der Waals surface area contributed by atoms with Crippen molar-refractivity contribution in [3.8, 4) is 0 Å². The number of nitrogens with one attached hydrogen (secondary N) is 4. The van der Waals surface area contributed by atoms with Crippen LogP contribution in [0.15, 0.2) is 70.2 Å². The highest BCUT2D eigenvalue weighted by atomic mass is 32.2. The van der Waals surface area contributed by atoms with Gasteiger partial charge in [0, 0.05) is 6.42 Å². The molecule has 0 aliphatic heterocycles. The largest absolute Gasteiger partial charge is 0.320 e. The summed E-state index contributed by atoms with van der Waals surface area (Å²) in [6, 6.07) is 0. The summed E-state index contributed by atoms with van der Waals surface area (Å²) in [5, 5.41) is 22.5. The van der Waals surface area contributed by atoms with Crippen LogP contribution in [-0.4, -0.2) is 33.5 Å². The fourth-order valence-corrected chi connectivity index (χ4v) is 5.96. The Balaban J connectivity index is 4.34. The third kappa shape index (κ3) is 13.5. The van der Waals surface area contributed by atoms with Crippen LogP contribution in [0.1, 0.15) is 61.3 Å². The van der Waals surface area contributed by atoms with E-state index in [0.29, 0.717) is 16.5 Å². The quantitative estimate of drug-likeness (QED) is 0.0689. The highest BCUT2D eigenvalue weighted by Crippen LogP contribution is 2.26. The van der Waals surface area contributed by atoms with Crippen molar-refractivity contribution in [2.24, 2.45) is 11.8 Å². The fourth-order valence-electron chi connectivity index (χ4n) is 3.45. The molecule has 2 amide bonds. The van der Waals surface area contributed by atoms with Crippen LogP contribution in [0.2, 0.25) is 0 Å². The molecule has 0 radical (unpaired) electrons. The van der Waals surface area contributed by atoms with E-state index < -0.39 is 0 Å². The molecule has 9 heteroatoms. The van der Waals surface area contributed by atoms with Crippen LogP contribution in [0.5, 0.6) is 0 Å². The zero-order valence-electron chi connectivity index (χ0n) is 23.9. The third-order valence-electron chi connectivity index (χ3n) is 5.71. The average Bonchev–Trinajstić information content (AvgIpc) is 2.83. The van der Waals surface area contributed by atoms with E-state index in [-0.39, 0.29) is 28.8 Å². The summed E-state index contributed by atoms with van der Waals surface area (Å²) >= 11 is 4.02. The maximum Gasteiger partial charge on any atom is 0.233 e. The van der Waals surface area contributed by atoms with E-state index in [1.165, 1.54) is 11.8 Å². The van der Waals surface area contributed by atoms with Crippen LogP contribution in [0.3, 0.4) is 0 Å². The van der Waals surface area contributed by atoms with E-state index in [4.69, 9.17) is 10.8 Å². The lowest BCUT2D eigenvalue weighted by molar-refractivity contribution is -0.123. The second kappa shape index (κ2) is 18.9. The van der Waals surface area contributed by atoms with Gasteiger partial charge in [0.25, 0.3) is 0 Å². The Morgan fingerprint density at radius 2 is 1.47 bits per heavy atom. The number of hydrogen-bond donors (Lipinski definition) is 4. The van der Waals surface area contributed by atoms with Crippen molar-refractivity contribution in [1.82, 2.24) is 10.6 Å². The molecule has 2 atom stereocenters. The van der Waals surface area contributed by atoms with Crippen LogP contribution in [0.4, 0.5) is 0 Å². The van der Waals surface area contributed by atoms with E-state index in [9.17, 15) is 9.59 Å². The van der Waals surface area contributed by atoms with Gasteiger partial charge in [-0.15, -0.1) is 0 Å². The number of allylic oxidation sites excluding steroid dienone is 6. The second-order valence-corrected chi connectivity index (χ2v) is 12.4. The molecule has 0 saturated heterocycles. The Hall–Kier alpha value is -2.23. The molecule has 0 aliphatic carbocycles. The van der Waals surface area contributed by atoms with Crippen molar-refractivity contribution in [1.29, 1.82) is 10.8 Å². The Kier molecular flexibility index (Phi) is 17.8. The first-order valence-electron chi connectivity index (χ1n) is 12.5. The topological polar surface area (TPSA) is 106 Å². The van der Waals surface area contributed by atoms with Gasteiger partial charge in [0.05, 0.1) is 21.9 Å². The second-order valence-electron chi connectivity index (χ2n) is 8.83. The molecule has 0 fully saturated rings. The molecule has 210 valence electrons. The number of thioether (sulfide) groups is 3. The van der Waals surface area contributed by atoms with Gasteiger partial charge in [-0.3, -0.25) is 20.4 Å². The van der Waals surface area contributed by atoms with Crippen molar-refractivity contribution in [3.63, 3.8) is 0 Å². The van der Waals surface area contributed by atoms with Crippen LogP contribution in [0.25, 0.3) is 0 Å². The summed E-state index contributed by atoms with van der Waals surface area (Å²) in [5.41, 5.74) is 3.93. The van der Waals surface area contributed by atoms with Crippen LogP contribution >= 0.6 is 35.3 Å².